The van der Waals surface area contributed by atoms with Crippen LogP contribution in [0.3, 0.4) is 0 Å². The first kappa shape index (κ1) is 24.6. The van der Waals surface area contributed by atoms with Crippen LogP contribution in [0.5, 0.6) is 0 Å². The number of methoxy groups -OCH3 is 1. The van der Waals surface area contributed by atoms with E-state index in [9.17, 15) is 19.2 Å². The molecule has 0 unspecified atom stereocenters. The number of hydrogen-bond acceptors (Lipinski definition) is 7. The molecular weight excluding hydrogens is 404 g/mol. The van der Waals surface area contributed by atoms with Crippen molar-refractivity contribution >= 4 is 30.2 Å². The lowest BCUT2D eigenvalue weighted by Gasteiger charge is -2.33. The minimum atomic E-state index is -1.05. The highest BCUT2D eigenvalue weighted by Crippen LogP contribution is 2.31. The SMILES string of the molecule is COC(=O)N(C(=O)[C@@H]1CCCN1C(=O)[C@H](N)CC1CCC1)[C@H](C=O)CCCN=C(N)N. The first-order chi connectivity index (χ1) is 14.8. The smallest absolute Gasteiger partial charge is 0.416 e. The van der Waals surface area contributed by atoms with E-state index in [0.717, 1.165) is 31.3 Å². The van der Waals surface area contributed by atoms with Gasteiger partial charge in [-0.15, -0.1) is 0 Å². The Hall–Kier alpha value is -2.69. The molecule has 1 saturated carbocycles. The number of ether oxygens (including phenoxy) is 1. The number of amides is 3. The molecular formula is C20H34N6O5. The molecule has 0 aromatic heterocycles. The van der Waals surface area contributed by atoms with Crippen molar-refractivity contribution in [3.8, 4) is 0 Å². The van der Waals surface area contributed by atoms with E-state index in [1.54, 1.807) is 0 Å². The number of rotatable bonds is 10. The summed E-state index contributed by atoms with van der Waals surface area (Å²) in [6, 6.07) is -2.57. The van der Waals surface area contributed by atoms with E-state index in [2.05, 4.69) is 4.99 Å². The third-order valence-electron chi connectivity index (χ3n) is 6.00. The van der Waals surface area contributed by atoms with Gasteiger partial charge >= 0.3 is 6.09 Å². The quantitative estimate of drug-likeness (QED) is 0.180. The van der Waals surface area contributed by atoms with Crippen LogP contribution in [0.1, 0.15) is 51.4 Å². The molecule has 2 rings (SSSR count). The fraction of sp³-hybridized carbons (Fsp3) is 0.750. The molecule has 11 heteroatoms. The van der Waals surface area contributed by atoms with E-state index in [1.165, 1.54) is 4.90 Å². The van der Waals surface area contributed by atoms with Crippen molar-refractivity contribution in [3.63, 3.8) is 0 Å². The van der Waals surface area contributed by atoms with Gasteiger partial charge < -0.3 is 31.6 Å². The number of nitrogens with zero attached hydrogens (tertiary/aromatic N) is 3. The lowest BCUT2D eigenvalue weighted by molar-refractivity contribution is -0.145. The minimum absolute atomic E-state index is 0.0816. The van der Waals surface area contributed by atoms with Crippen molar-refractivity contribution in [3.05, 3.63) is 0 Å². The molecule has 0 spiro atoms. The lowest BCUT2D eigenvalue weighted by atomic mass is 9.81. The molecule has 0 radical (unpaired) electrons. The van der Waals surface area contributed by atoms with Crippen molar-refractivity contribution in [2.75, 3.05) is 20.2 Å². The highest BCUT2D eigenvalue weighted by molar-refractivity contribution is 5.99. The first-order valence-corrected chi connectivity index (χ1v) is 10.8. The molecule has 1 heterocycles. The Bertz CT molecular complexity index is 692. The summed E-state index contributed by atoms with van der Waals surface area (Å²) in [6.45, 7) is 0.638. The summed E-state index contributed by atoms with van der Waals surface area (Å²) in [4.78, 5) is 56.4. The van der Waals surface area contributed by atoms with Crippen molar-refractivity contribution in [2.45, 2.75) is 69.5 Å². The third-order valence-corrected chi connectivity index (χ3v) is 6.00. The second kappa shape index (κ2) is 11.6. The van der Waals surface area contributed by atoms with Gasteiger partial charge in [-0.25, -0.2) is 9.69 Å². The number of nitrogens with two attached hydrogens (primary N) is 3. The lowest BCUT2D eigenvalue weighted by Crippen LogP contribution is -2.56. The average Bonchev–Trinajstić information content (AvgIpc) is 3.21. The number of guanidine groups is 1. The average molecular weight is 439 g/mol. The molecule has 31 heavy (non-hydrogen) atoms. The maximum absolute atomic E-state index is 13.3. The van der Waals surface area contributed by atoms with Crippen molar-refractivity contribution < 1.29 is 23.9 Å². The number of aliphatic imine (C=N–C) groups is 1. The molecule has 3 amide bonds. The van der Waals surface area contributed by atoms with E-state index in [1.807, 2.05) is 0 Å². The Morgan fingerprint density at radius 1 is 1.23 bits per heavy atom. The summed E-state index contributed by atoms with van der Waals surface area (Å²) >= 11 is 0. The molecule has 3 atom stereocenters. The normalized spacial score (nSPS) is 20.3. The Morgan fingerprint density at radius 3 is 2.48 bits per heavy atom. The maximum atomic E-state index is 13.3. The van der Waals surface area contributed by atoms with Crippen molar-refractivity contribution in [1.29, 1.82) is 0 Å². The number of carbonyl (C=O) groups is 4. The molecule has 0 bridgehead atoms. The first-order valence-electron chi connectivity index (χ1n) is 10.8. The van der Waals surface area contributed by atoms with E-state index in [4.69, 9.17) is 21.9 Å². The monoisotopic (exact) mass is 438 g/mol. The predicted molar refractivity (Wildman–Crippen MR) is 114 cm³/mol. The van der Waals surface area contributed by atoms with Gasteiger partial charge in [0, 0.05) is 13.1 Å². The molecule has 11 nitrogen and oxygen atoms in total. The molecule has 1 saturated heterocycles. The summed E-state index contributed by atoms with van der Waals surface area (Å²) in [5.41, 5.74) is 16.7. The van der Waals surface area contributed by atoms with Crippen LogP contribution in [0.4, 0.5) is 4.79 Å². The molecule has 2 aliphatic rings. The Balaban J connectivity index is 2.10. The van der Waals surface area contributed by atoms with Crippen LogP contribution in [0.15, 0.2) is 4.99 Å². The number of carbonyl (C=O) groups excluding carboxylic acids is 4. The molecule has 174 valence electrons. The van der Waals surface area contributed by atoms with Gasteiger partial charge in [0.15, 0.2) is 5.96 Å². The molecule has 0 aromatic carbocycles. The Kier molecular flexibility index (Phi) is 9.22. The van der Waals surface area contributed by atoms with Gasteiger partial charge in [0.2, 0.25) is 5.91 Å². The topological polar surface area (TPSA) is 174 Å². The van der Waals surface area contributed by atoms with E-state index in [-0.39, 0.29) is 24.8 Å². The van der Waals surface area contributed by atoms with Crippen LogP contribution in [0, 0.1) is 5.92 Å². The summed E-state index contributed by atoms with van der Waals surface area (Å²) < 4.78 is 4.75. The Labute approximate surface area is 182 Å². The van der Waals surface area contributed by atoms with Gasteiger partial charge in [-0.05, 0) is 38.0 Å². The van der Waals surface area contributed by atoms with E-state index < -0.39 is 30.1 Å². The van der Waals surface area contributed by atoms with E-state index >= 15 is 0 Å². The number of hydrogen-bond donors (Lipinski definition) is 3. The minimum Gasteiger partial charge on any atom is -0.452 e. The highest BCUT2D eigenvalue weighted by atomic mass is 16.5. The second-order valence-corrected chi connectivity index (χ2v) is 8.16. The molecule has 1 aliphatic carbocycles. The van der Waals surface area contributed by atoms with Crippen molar-refractivity contribution in [2.24, 2.45) is 28.1 Å². The number of likely N-dealkylation sites (tertiary alicyclic amines) is 1. The van der Waals surface area contributed by atoms with Crippen molar-refractivity contribution in [1.82, 2.24) is 9.80 Å². The van der Waals surface area contributed by atoms with Crippen LogP contribution in [-0.2, 0) is 19.1 Å². The summed E-state index contributed by atoms with van der Waals surface area (Å²) in [6.07, 6.45) is 5.03. The largest absolute Gasteiger partial charge is 0.452 e. The maximum Gasteiger partial charge on any atom is 0.416 e. The van der Waals surface area contributed by atoms with Crippen LogP contribution >= 0.6 is 0 Å². The number of imide groups is 1. The standard InChI is InChI=1S/C20H34N6O5/c1-31-20(30)26(14(12-27)7-3-9-24-19(22)23)18(29)16-8-4-10-25(16)17(28)15(21)11-13-5-2-6-13/h12-16H,2-11,21H2,1H3,(H4,22,23,24)/t14-,15+,16-/m0/s1. The van der Waals surface area contributed by atoms with Crippen LogP contribution in [-0.4, -0.2) is 78.3 Å². The van der Waals surface area contributed by atoms with Gasteiger partial charge in [-0.1, -0.05) is 19.3 Å². The summed E-state index contributed by atoms with van der Waals surface area (Å²) in [5, 5.41) is 0. The zero-order chi connectivity index (χ0) is 23.0. The highest BCUT2D eigenvalue weighted by Gasteiger charge is 2.42. The predicted octanol–water partition coefficient (Wildman–Crippen LogP) is -0.289. The zero-order valence-electron chi connectivity index (χ0n) is 18.1. The van der Waals surface area contributed by atoms with E-state index in [0.29, 0.717) is 44.4 Å². The van der Waals surface area contributed by atoms with Gasteiger partial charge in [0.25, 0.3) is 5.91 Å². The number of aldehydes is 1. The fourth-order valence-corrected chi connectivity index (χ4v) is 4.10. The fourth-order valence-electron chi connectivity index (χ4n) is 4.10. The molecule has 1 aliphatic heterocycles. The zero-order valence-corrected chi connectivity index (χ0v) is 18.1. The second-order valence-electron chi connectivity index (χ2n) is 8.16. The van der Waals surface area contributed by atoms with Gasteiger partial charge in [-0.3, -0.25) is 14.6 Å². The summed E-state index contributed by atoms with van der Waals surface area (Å²) in [5.74, 6) is -0.552. The van der Waals surface area contributed by atoms with Gasteiger partial charge in [0.1, 0.15) is 12.3 Å². The van der Waals surface area contributed by atoms with Gasteiger partial charge in [0.05, 0.1) is 19.2 Å². The third kappa shape index (κ3) is 6.39. The molecule has 6 N–H and O–H groups in total. The summed E-state index contributed by atoms with van der Waals surface area (Å²) in [7, 11) is 1.13. The van der Waals surface area contributed by atoms with Crippen LogP contribution in [0.25, 0.3) is 0 Å². The molecule has 0 aromatic rings. The van der Waals surface area contributed by atoms with Crippen LogP contribution in [0.2, 0.25) is 0 Å². The van der Waals surface area contributed by atoms with Gasteiger partial charge in [-0.2, -0.15) is 0 Å². The van der Waals surface area contributed by atoms with Crippen LogP contribution < -0.4 is 17.2 Å². The Morgan fingerprint density at radius 2 is 1.94 bits per heavy atom. The molecule has 2 fully saturated rings.